The minimum Gasteiger partial charge on any atom is -0.396 e. The summed E-state index contributed by atoms with van der Waals surface area (Å²) in [6.07, 6.45) is 9.55. The van der Waals surface area contributed by atoms with Gasteiger partial charge in [-0.3, -0.25) is 4.79 Å². The molecule has 0 aromatic rings. The van der Waals surface area contributed by atoms with E-state index < -0.39 is 6.10 Å². The molecule has 0 aromatic heterocycles. The van der Waals surface area contributed by atoms with E-state index in [1.165, 1.54) is 5.57 Å². The Hall–Kier alpha value is -1.13. The van der Waals surface area contributed by atoms with Gasteiger partial charge in [0.15, 0.2) is 0 Å². The van der Waals surface area contributed by atoms with Crippen molar-refractivity contribution in [2.45, 2.75) is 59.0 Å². The van der Waals surface area contributed by atoms with Crippen LogP contribution < -0.4 is 0 Å². The van der Waals surface area contributed by atoms with Gasteiger partial charge in [0.25, 0.3) is 5.91 Å². The molecule has 0 bridgehead atoms. The van der Waals surface area contributed by atoms with Gasteiger partial charge in [0.2, 0.25) is 0 Å². The van der Waals surface area contributed by atoms with E-state index in [1.807, 2.05) is 13.8 Å². The van der Waals surface area contributed by atoms with Crippen molar-refractivity contribution in [2.24, 2.45) is 11.8 Å². The minimum atomic E-state index is -0.899. The molecule has 0 spiro atoms. The molecule has 2 N–H and O–H groups in total. The largest absolute Gasteiger partial charge is 0.396 e. The van der Waals surface area contributed by atoms with Crippen molar-refractivity contribution in [3.8, 4) is 0 Å². The van der Waals surface area contributed by atoms with Crippen LogP contribution in [0.3, 0.4) is 0 Å². The molecule has 0 saturated carbocycles. The fraction of sp³-hybridized carbons (Fsp3) is 0.737. The van der Waals surface area contributed by atoms with Gasteiger partial charge in [-0.15, -0.1) is 0 Å². The number of carbonyl (C=O) groups excluding carboxylic acids is 1. The first-order valence-corrected chi connectivity index (χ1v) is 9.05. The zero-order valence-electron chi connectivity index (χ0n) is 14.9. The Morgan fingerprint density at radius 1 is 1.35 bits per heavy atom. The number of piperidine rings is 1. The van der Waals surface area contributed by atoms with Gasteiger partial charge >= 0.3 is 0 Å². The molecule has 2 atom stereocenters. The maximum Gasteiger partial charge on any atom is 0.251 e. The molecular weight excluding hydrogens is 290 g/mol. The molecule has 1 fully saturated rings. The molecule has 0 aromatic carbocycles. The number of aliphatic hydroxyl groups excluding tert-OH is 2. The Morgan fingerprint density at radius 3 is 2.52 bits per heavy atom. The third-order valence-electron chi connectivity index (χ3n) is 4.57. The zero-order chi connectivity index (χ0) is 17.2. The van der Waals surface area contributed by atoms with Gasteiger partial charge in [0.05, 0.1) is 0 Å². The third kappa shape index (κ3) is 6.48. The minimum absolute atomic E-state index is 0.153. The van der Waals surface area contributed by atoms with Crippen LogP contribution in [0.2, 0.25) is 0 Å². The van der Waals surface area contributed by atoms with Crippen molar-refractivity contribution in [3.05, 3.63) is 23.8 Å². The van der Waals surface area contributed by atoms with Crippen LogP contribution in [0.15, 0.2) is 23.8 Å². The van der Waals surface area contributed by atoms with Crippen LogP contribution >= 0.6 is 0 Å². The first kappa shape index (κ1) is 19.9. The lowest BCUT2D eigenvalue weighted by molar-refractivity contribution is -0.142. The summed E-state index contributed by atoms with van der Waals surface area (Å²) in [4.78, 5) is 13.9. The molecule has 1 amide bonds. The molecule has 2 aliphatic rings. The third-order valence-corrected chi connectivity index (χ3v) is 4.57. The lowest BCUT2D eigenvalue weighted by Gasteiger charge is -2.32. The summed E-state index contributed by atoms with van der Waals surface area (Å²) in [7, 11) is 0. The fourth-order valence-corrected chi connectivity index (χ4v) is 2.93. The van der Waals surface area contributed by atoms with Crippen LogP contribution in [0, 0.1) is 11.8 Å². The van der Waals surface area contributed by atoms with Gasteiger partial charge in [-0.25, -0.2) is 0 Å². The molecule has 1 aliphatic heterocycles. The molecule has 1 aliphatic carbocycles. The lowest BCUT2D eigenvalue weighted by atomic mass is 9.94. The topological polar surface area (TPSA) is 60.8 Å². The summed E-state index contributed by atoms with van der Waals surface area (Å²) in [6.45, 7) is 7.68. The van der Waals surface area contributed by atoms with E-state index in [4.69, 9.17) is 5.11 Å². The summed E-state index contributed by atoms with van der Waals surface area (Å²) in [5.41, 5.74) is 1.22. The number of likely N-dealkylation sites (tertiary alicyclic amines) is 1. The Morgan fingerprint density at radius 2 is 2.00 bits per heavy atom. The van der Waals surface area contributed by atoms with Crippen molar-refractivity contribution in [3.63, 3.8) is 0 Å². The lowest BCUT2D eigenvalue weighted by Crippen LogP contribution is -2.44. The first-order chi connectivity index (χ1) is 11.1. The summed E-state index contributed by atoms with van der Waals surface area (Å²) in [5.74, 6) is 0.749. The number of allylic oxidation sites excluding steroid dienone is 4. The van der Waals surface area contributed by atoms with Crippen LogP contribution in [0.1, 0.15) is 52.9 Å². The second-order valence-corrected chi connectivity index (χ2v) is 6.36. The monoisotopic (exact) mass is 323 g/mol. The molecule has 1 heterocycles. The van der Waals surface area contributed by atoms with Crippen LogP contribution in [0.25, 0.3) is 0 Å². The van der Waals surface area contributed by atoms with Gasteiger partial charge in [0, 0.05) is 19.7 Å². The highest BCUT2D eigenvalue weighted by atomic mass is 16.3. The average molecular weight is 323 g/mol. The summed E-state index contributed by atoms with van der Waals surface area (Å²) in [5, 5.41) is 19.2. The van der Waals surface area contributed by atoms with E-state index in [0.29, 0.717) is 31.3 Å². The molecule has 2 unspecified atom stereocenters. The molecule has 23 heavy (non-hydrogen) atoms. The normalized spacial score (nSPS) is 22.9. The Labute approximate surface area is 140 Å². The van der Waals surface area contributed by atoms with Gasteiger partial charge in [0.1, 0.15) is 6.10 Å². The second-order valence-electron chi connectivity index (χ2n) is 6.36. The smallest absolute Gasteiger partial charge is 0.251 e. The van der Waals surface area contributed by atoms with Crippen molar-refractivity contribution in [2.75, 3.05) is 19.7 Å². The maximum absolute atomic E-state index is 12.2. The second kappa shape index (κ2) is 10.6. The predicted octanol–water partition coefficient (Wildman–Crippen LogP) is 2.91. The molecule has 0 radical (unpaired) electrons. The van der Waals surface area contributed by atoms with Crippen molar-refractivity contribution < 1.29 is 15.0 Å². The molecule has 4 heteroatoms. The number of rotatable bonds is 5. The highest BCUT2D eigenvalue weighted by molar-refractivity contribution is 5.80. The number of hydrogen-bond acceptors (Lipinski definition) is 3. The van der Waals surface area contributed by atoms with Crippen molar-refractivity contribution in [1.29, 1.82) is 0 Å². The van der Waals surface area contributed by atoms with E-state index in [9.17, 15) is 9.90 Å². The summed E-state index contributed by atoms with van der Waals surface area (Å²) in [6, 6.07) is 0. The van der Waals surface area contributed by atoms with E-state index >= 15 is 0 Å². The van der Waals surface area contributed by atoms with Gasteiger partial charge in [-0.05, 0) is 43.9 Å². The van der Waals surface area contributed by atoms with Crippen LogP contribution in [0.5, 0.6) is 0 Å². The number of amides is 1. The molecule has 4 nitrogen and oxygen atoms in total. The van der Waals surface area contributed by atoms with Gasteiger partial charge in [-0.1, -0.05) is 44.6 Å². The summed E-state index contributed by atoms with van der Waals surface area (Å²) < 4.78 is 0. The van der Waals surface area contributed by atoms with Crippen molar-refractivity contribution in [1.82, 2.24) is 4.90 Å². The molecule has 132 valence electrons. The quantitative estimate of drug-likeness (QED) is 0.818. The van der Waals surface area contributed by atoms with E-state index in [2.05, 4.69) is 25.2 Å². The standard InChI is InChI=1S/C17H27NO3.C2H6/c1-13-2-4-14(5-3-13)6-7-16(20)17(21)18-10-8-15(12-19)9-11-18;1-2/h2,4-5,13,15-16,19-20H,3,6-12H2,1H3;1-2H3. The zero-order valence-corrected chi connectivity index (χ0v) is 14.9. The number of nitrogens with zero attached hydrogens (tertiary/aromatic N) is 1. The Kier molecular flexibility index (Phi) is 9.19. The van der Waals surface area contributed by atoms with E-state index in [0.717, 1.165) is 25.7 Å². The van der Waals surface area contributed by atoms with Gasteiger partial charge in [-0.2, -0.15) is 0 Å². The highest BCUT2D eigenvalue weighted by Gasteiger charge is 2.26. The molecule has 1 saturated heterocycles. The average Bonchev–Trinajstić information content (AvgIpc) is 2.62. The van der Waals surface area contributed by atoms with E-state index in [1.54, 1.807) is 4.90 Å². The fourth-order valence-electron chi connectivity index (χ4n) is 2.93. The Bertz CT molecular complexity index is 409. The maximum atomic E-state index is 12.2. The SMILES string of the molecule is CC.CC1C=CC(CCC(O)C(=O)N2CCC(CO)CC2)=CC1. The number of aliphatic hydroxyl groups is 2. The van der Waals surface area contributed by atoms with Crippen LogP contribution in [0.4, 0.5) is 0 Å². The van der Waals surface area contributed by atoms with Crippen LogP contribution in [-0.2, 0) is 4.79 Å². The predicted molar refractivity (Wildman–Crippen MR) is 94.0 cm³/mol. The van der Waals surface area contributed by atoms with E-state index in [-0.39, 0.29) is 12.5 Å². The highest BCUT2D eigenvalue weighted by Crippen LogP contribution is 2.21. The van der Waals surface area contributed by atoms with Crippen LogP contribution in [-0.4, -0.2) is 46.8 Å². The summed E-state index contributed by atoms with van der Waals surface area (Å²) >= 11 is 0. The number of carbonyl (C=O) groups is 1. The van der Waals surface area contributed by atoms with Crippen molar-refractivity contribution >= 4 is 5.91 Å². The van der Waals surface area contributed by atoms with Gasteiger partial charge < -0.3 is 15.1 Å². The molecule has 2 rings (SSSR count). The first-order valence-electron chi connectivity index (χ1n) is 9.05. The Balaban J connectivity index is 0.00000127. The number of hydrogen-bond donors (Lipinski definition) is 2. The molecular formula is C19H33NO3.